The Labute approximate surface area is 107 Å². The van der Waals surface area contributed by atoms with Crippen molar-refractivity contribution in [3.05, 3.63) is 16.6 Å². The predicted molar refractivity (Wildman–Crippen MR) is 62.7 cm³/mol. The van der Waals surface area contributed by atoms with Crippen LogP contribution in [0.2, 0.25) is 10.3 Å². The van der Waals surface area contributed by atoms with Gasteiger partial charge < -0.3 is 16.4 Å². The van der Waals surface area contributed by atoms with Gasteiger partial charge in [-0.15, -0.1) is 0 Å². The third kappa shape index (κ3) is 4.14. The molecule has 92 valence electrons. The van der Waals surface area contributed by atoms with Gasteiger partial charge in [-0.1, -0.05) is 23.2 Å². The summed E-state index contributed by atoms with van der Waals surface area (Å²) in [5.41, 5.74) is 5.15. The molecular weight excluding hydrogens is 269 g/mol. The third-order valence-electron chi connectivity index (χ3n) is 1.65. The Kier molecular flexibility index (Phi) is 5.08. The molecule has 0 spiro atoms. The number of carbonyl (C=O) groups is 2. The summed E-state index contributed by atoms with van der Waals surface area (Å²) in [4.78, 5) is 29.5. The molecule has 0 bridgehead atoms. The number of aromatic nitrogens is 2. The molecule has 2 amide bonds. The van der Waals surface area contributed by atoms with E-state index < -0.39 is 11.8 Å². The quantitative estimate of drug-likeness (QED) is 0.660. The molecule has 9 heteroatoms. The molecule has 7 nitrogen and oxygen atoms in total. The molecule has 0 saturated heterocycles. The first kappa shape index (κ1) is 13.6. The minimum atomic E-state index is -0.509. The van der Waals surface area contributed by atoms with Crippen molar-refractivity contribution in [2.45, 2.75) is 0 Å². The van der Waals surface area contributed by atoms with Crippen LogP contribution in [-0.4, -0.2) is 34.9 Å². The normalized spacial score (nSPS) is 9.82. The fraction of sp³-hybridized carbons (Fsp3) is 0.250. The molecule has 0 fully saturated rings. The highest BCUT2D eigenvalue weighted by Gasteiger charge is 2.12. The molecule has 4 N–H and O–H groups in total. The standard InChI is InChI=1S/C8H9Cl2N5O2/c9-7-6(8(10)14-3-13-7)15-5(17)2-12-4(16)1-11/h3H,1-2,11H2,(H,12,16)(H,15,17). The Morgan fingerprint density at radius 2 is 1.82 bits per heavy atom. The summed E-state index contributed by atoms with van der Waals surface area (Å²) >= 11 is 11.4. The van der Waals surface area contributed by atoms with E-state index in [4.69, 9.17) is 28.9 Å². The third-order valence-corrected chi connectivity index (χ3v) is 2.22. The van der Waals surface area contributed by atoms with Crippen LogP contribution >= 0.6 is 23.2 Å². The van der Waals surface area contributed by atoms with Crippen molar-refractivity contribution >= 4 is 40.7 Å². The fourth-order valence-corrected chi connectivity index (χ4v) is 1.29. The summed E-state index contributed by atoms with van der Waals surface area (Å²) in [5, 5.41) is 4.70. The van der Waals surface area contributed by atoms with Crippen molar-refractivity contribution in [2.24, 2.45) is 5.73 Å². The lowest BCUT2D eigenvalue weighted by atomic mass is 10.4. The first-order valence-corrected chi connectivity index (χ1v) is 5.22. The van der Waals surface area contributed by atoms with E-state index in [2.05, 4.69) is 20.6 Å². The average Bonchev–Trinajstić information content (AvgIpc) is 2.31. The summed E-state index contributed by atoms with van der Waals surface area (Å²) < 4.78 is 0. The number of nitrogens with one attached hydrogen (secondary N) is 2. The lowest BCUT2D eigenvalue weighted by molar-refractivity contribution is -0.123. The molecule has 1 rings (SSSR count). The van der Waals surface area contributed by atoms with Crippen molar-refractivity contribution in [2.75, 3.05) is 18.4 Å². The highest BCUT2D eigenvalue weighted by atomic mass is 35.5. The van der Waals surface area contributed by atoms with E-state index in [-0.39, 0.29) is 29.1 Å². The molecule has 1 heterocycles. The minimum Gasteiger partial charge on any atom is -0.346 e. The Bertz CT molecular complexity index is 420. The lowest BCUT2D eigenvalue weighted by Crippen LogP contribution is -2.36. The van der Waals surface area contributed by atoms with Gasteiger partial charge in [-0.2, -0.15) is 0 Å². The molecule has 0 aliphatic rings. The Morgan fingerprint density at radius 1 is 1.24 bits per heavy atom. The van der Waals surface area contributed by atoms with Gasteiger partial charge in [0.05, 0.1) is 13.1 Å². The van der Waals surface area contributed by atoms with Crippen LogP contribution in [-0.2, 0) is 9.59 Å². The van der Waals surface area contributed by atoms with E-state index in [1.54, 1.807) is 0 Å². The minimum absolute atomic E-state index is 0.0171. The van der Waals surface area contributed by atoms with E-state index in [0.717, 1.165) is 6.33 Å². The topological polar surface area (TPSA) is 110 Å². The molecule has 1 aromatic heterocycles. The van der Waals surface area contributed by atoms with Gasteiger partial charge in [0.15, 0.2) is 10.3 Å². The number of halogens is 2. The van der Waals surface area contributed by atoms with E-state index in [9.17, 15) is 9.59 Å². The molecular formula is C8H9Cl2N5O2. The van der Waals surface area contributed by atoms with Gasteiger partial charge in [-0.25, -0.2) is 9.97 Å². The Balaban J connectivity index is 2.59. The monoisotopic (exact) mass is 277 g/mol. The number of hydrogen-bond acceptors (Lipinski definition) is 5. The molecule has 0 aliphatic carbocycles. The fourth-order valence-electron chi connectivity index (χ4n) is 0.882. The number of nitrogens with two attached hydrogens (primary N) is 1. The number of nitrogens with zero attached hydrogens (tertiary/aromatic N) is 2. The maximum atomic E-state index is 11.4. The second-order valence-corrected chi connectivity index (χ2v) is 3.58. The van der Waals surface area contributed by atoms with Gasteiger partial charge >= 0.3 is 0 Å². The van der Waals surface area contributed by atoms with Crippen LogP contribution in [0, 0.1) is 0 Å². The Hall–Kier alpha value is -1.44. The summed E-state index contributed by atoms with van der Waals surface area (Å²) in [7, 11) is 0. The van der Waals surface area contributed by atoms with Crippen molar-refractivity contribution < 1.29 is 9.59 Å². The van der Waals surface area contributed by atoms with Crippen LogP contribution in [0.4, 0.5) is 5.69 Å². The van der Waals surface area contributed by atoms with E-state index in [1.165, 1.54) is 0 Å². The largest absolute Gasteiger partial charge is 0.346 e. The van der Waals surface area contributed by atoms with E-state index in [0.29, 0.717) is 0 Å². The summed E-state index contributed by atoms with van der Waals surface area (Å²) in [5.74, 6) is -0.952. The number of rotatable bonds is 4. The number of carbonyl (C=O) groups excluding carboxylic acids is 2. The molecule has 0 radical (unpaired) electrons. The highest BCUT2D eigenvalue weighted by Crippen LogP contribution is 2.25. The lowest BCUT2D eigenvalue weighted by Gasteiger charge is -2.07. The van der Waals surface area contributed by atoms with Crippen LogP contribution < -0.4 is 16.4 Å². The molecule has 17 heavy (non-hydrogen) atoms. The highest BCUT2D eigenvalue weighted by molar-refractivity contribution is 6.38. The maximum Gasteiger partial charge on any atom is 0.243 e. The average molecular weight is 278 g/mol. The van der Waals surface area contributed by atoms with Gasteiger partial charge in [-0.05, 0) is 0 Å². The first-order valence-electron chi connectivity index (χ1n) is 4.47. The second kappa shape index (κ2) is 6.33. The van der Waals surface area contributed by atoms with Gasteiger partial charge in [0, 0.05) is 0 Å². The predicted octanol–water partition coefficient (Wildman–Crippen LogP) is -0.203. The first-order chi connectivity index (χ1) is 8.04. The molecule has 0 aromatic carbocycles. The maximum absolute atomic E-state index is 11.4. The van der Waals surface area contributed by atoms with Crippen LogP contribution in [0.25, 0.3) is 0 Å². The van der Waals surface area contributed by atoms with Gasteiger partial charge in [0.1, 0.15) is 12.0 Å². The Morgan fingerprint density at radius 3 is 2.35 bits per heavy atom. The molecule has 1 aromatic rings. The number of anilines is 1. The molecule has 0 aliphatic heterocycles. The smallest absolute Gasteiger partial charge is 0.243 e. The molecule has 0 saturated carbocycles. The van der Waals surface area contributed by atoms with Gasteiger partial charge in [-0.3, -0.25) is 9.59 Å². The van der Waals surface area contributed by atoms with Crippen LogP contribution in [0.1, 0.15) is 0 Å². The van der Waals surface area contributed by atoms with Gasteiger partial charge in [0.2, 0.25) is 11.8 Å². The van der Waals surface area contributed by atoms with E-state index in [1.807, 2.05) is 0 Å². The zero-order chi connectivity index (χ0) is 12.8. The number of hydrogen-bond donors (Lipinski definition) is 3. The molecule has 0 atom stereocenters. The van der Waals surface area contributed by atoms with Crippen LogP contribution in [0.3, 0.4) is 0 Å². The van der Waals surface area contributed by atoms with Crippen molar-refractivity contribution in [1.82, 2.24) is 15.3 Å². The number of amides is 2. The van der Waals surface area contributed by atoms with Crippen LogP contribution in [0.5, 0.6) is 0 Å². The SMILES string of the molecule is NCC(=O)NCC(=O)Nc1c(Cl)ncnc1Cl. The summed E-state index contributed by atoms with van der Waals surface area (Å²) in [6, 6.07) is 0. The summed E-state index contributed by atoms with van der Waals surface area (Å²) in [6.45, 7) is -0.430. The van der Waals surface area contributed by atoms with Gasteiger partial charge in [0.25, 0.3) is 0 Å². The van der Waals surface area contributed by atoms with Crippen molar-refractivity contribution in [3.63, 3.8) is 0 Å². The van der Waals surface area contributed by atoms with Crippen molar-refractivity contribution in [1.29, 1.82) is 0 Å². The van der Waals surface area contributed by atoms with Crippen LogP contribution in [0.15, 0.2) is 6.33 Å². The zero-order valence-electron chi connectivity index (χ0n) is 8.54. The summed E-state index contributed by atoms with van der Waals surface area (Å²) in [6.07, 6.45) is 1.16. The second-order valence-electron chi connectivity index (χ2n) is 2.86. The van der Waals surface area contributed by atoms with Crippen molar-refractivity contribution in [3.8, 4) is 0 Å². The molecule has 0 unspecified atom stereocenters. The van der Waals surface area contributed by atoms with E-state index >= 15 is 0 Å². The zero-order valence-corrected chi connectivity index (χ0v) is 10.0.